The standard InChI is InChI=1S/C9H6Br2F2O2/c1-4(14)8-6(10)2-5(3-7(8)11)15-9(12)13/h2-3,9H,1H3. The largest absolute Gasteiger partial charge is 0.435 e. The summed E-state index contributed by atoms with van der Waals surface area (Å²) < 4.78 is 28.9. The van der Waals surface area contributed by atoms with Crippen LogP contribution in [0.2, 0.25) is 0 Å². The number of rotatable bonds is 3. The highest BCUT2D eigenvalue weighted by Crippen LogP contribution is 2.31. The lowest BCUT2D eigenvalue weighted by Gasteiger charge is -2.08. The van der Waals surface area contributed by atoms with E-state index in [-0.39, 0.29) is 11.5 Å². The van der Waals surface area contributed by atoms with Crippen molar-refractivity contribution in [1.82, 2.24) is 0 Å². The molecule has 2 nitrogen and oxygen atoms in total. The molecule has 0 aliphatic carbocycles. The van der Waals surface area contributed by atoms with E-state index in [1.54, 1.807) is 0 Å². The minimum Gasteiger partial charge on any atom is -0.435 e. The smallest absolute Gasteiger partial charge is 0.387 e. The first-order valence-electron chi connectivity index (χ1n) is 3.86. The van der Waals surface area contributed by atoms with Gasteiger partial charge in [0.05, 0.1) is 0 Å². The van der Waals surface area contributed by atoms with E-state index >= 15 is 0 Å². The molecule has 82 valence electrons. The maximum atomic E-state index is 11.9. The number of benzene rings is 1. The fourth-order valence-electron chi connectivity index (χ4n) is 1.06. The maximum Gasteiger partial charge on any atom is 0.387 e. The zero-order valence-corrected chi connectivity index (χ0v) is 10.7. The third kappa shape index (κ3) is 3.24. The van der Waals surface area contributed by atoms with Crippen molar-refractivity contribution in [2.24, 2.45) is 0 Å². The Morgan fingerprint density at radius 2 is 1.80 bits per heavy atom. The molecule has 0 N–H and O–H groups in total. The Bertz CT molecular complexity index is 371. The van der Waals surface area contributed by atoms with E-state index in [1.807, 2.05) is 0 Å². The van der Waals surface area contributed by atoms with E-state index in [4.69, 9.17) is 0 Å². The quantitative estimate of drug-likeness (QED) is 0.775. The molecule has 0 spiro atoms. The lowest BCUT2D eigenvalue weighted by molar-refractivity contribution is -0.0499. The van der Waals surface area contributed by atoms with Crippen LogP contribution in [0.25, 0.3) is 0 Å². The number of hydrogen-bond acceptors (Lipinski definition) is 2. The highest BCUT2D eigenvalue weighted by Gasteiger charge is 2.14. The van der Waals surface area contributed by atoms with Gasteiger partial charge in [0.1, 0.15) is 5.75 Å². The minimum atomic E-state index is -2.88. The summed E-state index contributed by atoms with van der Waals surface area (Å²) in [7, 11) is 0. The summed E-state index contributed by atoms with van der Waals surface area (Å²) in [4.78, 5) is 11.2. The van der Waals surface area contributed by atoms with Gasteiger partial charge in [0.2, 0.25) is 0 Å². The lowest BCUT2D eigenvalue weighted by Crippen LogP contribution is -2.03. The molecule has 0 aliphatic rings. The summed E-state index contributed by atoms with van der Waals surface area (Å²) in [5, 5.41) is 0. The number of halogens is 4. The molecule has 0 fully saturated rings. The molecule has 1 rings (SSSR count). The van der Waals surface area contributed by atoms with E-state index in [0.29, 0.717) is 14.5 Å². The minimum absolute atomic E-state index is 0.00579. The monoisotopic (exact) mass is 342 g/mol. The molecule has 0 aliphatic heterocycles. The molecule has 1 aromatic carbocycles. The molecule has 0 heterocycles. The summed E-state index contributed by atoms with van der Waals surface area (Å²) in [5.74, 6) is -0.175. The molecule has 0 unspecified atom stereocenters. The van der Waals surface area contributed by atoms with Crippen LogP contribution in [0.3, 0.4) is 0 Å². The van der Waals surface area contributed by atoms with E-state index in [2.05, 4.69) is 36.6 Å². The zero-order valence-electron chi connectivity index (χ0n) is 7.56. The van der Waals surface area contributed by atoms with Gasteiger partial charge < -0.3 is 4.74 Å². The number of carbonyl (C=O) groups is 1. The van der Waals surface area contributed by atoms with Crippen LogP contribution in [0.1, 0.15) is 17.3 Å². The Hall–Kier alpha value is -0.490. The topological polar surface area (TPSA) is 26.3 Å². The van der Waals surface area contributed by atoms with E-state index in [1.165, 1.54) is 19.1 Å². The Morgan fingerprint density at radius 3 is 2.13 bits per heavy atom. The van der Waals surface area contributed by atoms with Crippen molar-refractivity contribution < 1.29 is 18.3 Å². The van der Waals surface area contributed by atoms with E-state index in [9.17, 15) is 13.6 Å². The predicted molar refractivity (Wildman–Crippen MR) is 58.5 cm³/mol. The molecule has 0 aromatic heterocycles. The van der Waals surface area contributed by atoms with Gasteiger partial charge >= 0.3 is 6.61 Å². The molecule has 6 heteroatoms. The van der Waals surface area contributed by atoms with E-state index in [0.717, 1.165) is 0 Å². The van der Waals surface area contributed by atoms with Crippen LogP contribution in [0.5, 0.6) is 5.75 Å². The Kier molecular flexibility index (Phi) is 4.21. The van der Waals surface area contributed by atoms with Crippen molar-refractivity contribution in [2.45, 2.75) is 13.5 Å². The molecular formula is C9H6Br2F2O2. The van der Waals surface area contributed by atoms with Crippen molar-refractivity contribution in [3.8, 4) is 5.75 Å². The Morgan fingerprint density at radius 1 is 1.33 bits per heavy atom. The van der Waals surface area contributed by atoms with Crippen LogP contribution in [0.4, 0.5) is 8.78 Å². The van der Waals surface area contributed by atoms with Gasteiger partial charge in [-0.25, -0.2) is 0 Å². The highest BCUT2D eigenvalue weighted by atomic mass is 79.9. The van der Waals surface area contributed by atoms with E-state index < -0.39 is 6.61 Å². The van der Waals surface area contributed by atoms with Gasteiger partial charge in [-0.15, -0.1) is 0 Å². The molecule has 15 heavy (non-hydrogen) atoms. The summed E-state index contributed by atoms with van der Waals surface area (Å²) in [6.45, 7) is -1.50. The number of Topliss-reactive ketones (excluding diaryl/α,β-unsaturated/α-hetero) is 1. The second-order valence-electron chi connectivity index (χ2n) is 2.70. The van der Waals surface area contributed by atoms with Crippen molar-refractivity contribution >= 4 is 37.6 Å². The van der Waals surface area contributed by atoms with Gasteiger partial charge in [0, 0.05) is 14.5 Å². The van der Waals surface area contributed by atoms with Crippen LogP contribution in [-0.2, 0) is 0 Å². The second kappa shape index (κ2) is 5.03. The second-order valence-corrected chi connectivity index (χ2v) is 4.41. The fraction of sp³-hybridized carbons (Fsp3) is 0.222. The molecule has 0 amide bonds. The van der Waals surface area contributed by atoms with Crippen molar-refractivity contribution in [2.75, 3.05) is 0 Å². The number of alkyl halides is 2. The zero-order chi connectivity index (χ0) is 11.6. The maximum absolute atomic E-state index is 11.9. The molecule has 0 radical (unpaired) electrons. The van der Waals surface area contributed by atoms with Crippen LogP contribution in [0, 0.1) is 0 Å². The Labute approximate surface area is 102 Å². The molecule has 0 bridgehead atoms. The van der Waals surface area contributed by atoms with Gasteiger partial charge in [-0.05, 0) is 50.9 Å². The van der Waals surface area contributed by atoms with Gasteiger partial charge in [0.15, 0.2) is 5.78 Å². The highest BCUT2D eigenvalue weighted by molar-refractivity contribution is 9.11. The average molecular weight is 344 g/mol. The van der Waals surface area contributed by atoms with Gasteiger partial charge in [-0.1, -0.05) is 0 Å². The number of carbonyl (C=O) groups excluding carboxylic acids is 1. The first-order valence-corrected chi connectivity index (χ1v) is 5.45. The Balaban J connectivity index is 3.14. The summed E-state index contributed by atoms with van der Waals surface area (Å²) in [5.41, 5.74) is 0.400. The molecule has 0 saturated carbocycles. The van der Waals surface area contributed by atoms with Crippen LogP contribution >= 0.6 is 31.9 Å². The lowest BCUT2D eigenvalue weighted by atomic mass is 10.1. The summed E-state index contributed by atoms with van der Waals surface area (Å²) in [6.07, 6.45) is 0. The summed E-state index contributed by atoms with van der Waals surface area (Å²) >= 11 is 6.23. The van der Waals surface area contributed by atoms with Crippen LogP contribution in [0.15, 0.2) is 21.1 Å². The van der Waals surface area contributed by atoms with Crippen molar-refractivity contribution in [3.05, 3.63) is 26.6 Å². The third-order valence-corrected chi connectivity index (χ3v) is 2.84. The first kappa shape index (κ1) is 12.6. The first-order chi connectivity index (χ1) is 6.91. The average Bonchev–Trinajstić information content (AvgIpc) is 1.99. The third-order valence-electron chi connectivity index (χ3n) is 1.59. The molecular weight excluding hydrogens is 338 g/mol. The van der Waals surface area contributed by atoms with Crippen LogP contribution in [-0.4, -0.2) is 12.4 Å². The molecule has 0 saturated heterocycles. The number of hydrogen-bond donors (Lipinski definition) is 0. The molecule has 0 atom stereocenters. The number of ether oxygens (including phenoxy) is 1. The van der Waals surface area contributed by atoms with Crippen molar-refractivity contribution in [1.29, 1.82) is 0 Å². The van der Waals surface area contributed by atoms with Gasteiger partial charge in [-0.2, -0.15) is 8.78 Å². The predicted octanol–water partition coefficient (Wildman–Crippen LogP) is 4.02. The van der Waals surface area contributed by atoms with Crippen LogP contribution < -0.4 is 4.74 Å². The van der Waals surface area contributed by atoms with Gasteiger partial charge in [-0.3, -0.25) is 4.79 Å². The number of ketones is 1. The van der Waals surface area contributed by atoms with Crippen molar-refractivity contribution in [3.63, 3.8) is 0 Å². The SMILES string of the molecule is CC(=O)c1c(Br)cc(OC(F)F)cc1Br. The molecule has 1 aromatic rings. The normalized spacial score (nSPS) is 10.5. The van der Waals surface area contributed by atoms with Gasteiger partial charge in [0.25, 0.3) is 0 Å². The fourth-order valence-corrected chi connectivity index (χ4v) is 2.76. The summed E-state index contributed by atoms with van der Waals surface area (Å²) in [6, 6.07) is 2.65.